The largest absolute Gasteiger partial charge is 0.333 e. The fourth-order valence-corrected chi connectivity index (χ4v) is 4.81. The SMILES string of the molecule is C[C@H]1CCc2sc(C(=O)N(C)Cc3nnc4n3CCC4)cc2C1. The summed E-state index contributed by atoms with van der Waals surface area (Å²) < 4.78 is 2.16. The number of hydrogen-bond donors (Lipinski definition) is 0. The van der Waals surface area contributed by atoms with Gasteiger partial charge in [-0.25, -0.2) is 0 Å². The topological polar surface area (TPSA) is 51.0 Å². The Balaban J connectivity index is 1.50. The first-order chi connectivity index (χ1) is 11.1. The fraction of sp³-hybridized carbons (Fsp3) is 0.588. The molecule has 2 aromatic heterocycles. The van der Waals surface area contributed by atoms with Crippen molar-refractivity contribution in [3.8, 4) is 0 Å². The maximum atomic E-state index is 12.7. The van der Waals surface area contributed by atoms with E-state index in [1.54, 1.807) is 16.2 Å². The molecule has 0 saturated carbocycles. The Morgan fingerprint density at radius 1 is 1.43 bits per heavy atom. The number of thiophene rings is 1. The predicted octanol–water partition coefficient (Wildman–Crippen LogP) is 2.68. The van der Waals surface area contributed by atoms with E-state index < -0.39 is 0 Å². The molecule has 0 radical (unpaired) electrons. The highest BCUT2D eigenvalue weighted by Gasteiger charge is 2.24. The molecule has 2 aromatic rings. The van der Waals surface area contributed by atoms with E-state index in [0.29, 0.717) is 6.54 Å². The number of aromatic nitrogens is 3. The van der Waals surface area contributed by atoms with Gasteiger partial charge in [0.05, 0.1) is 11.4 Å². The van der Waals surface area contributed by atoms with Crippen molar-refractivity contribution in [2.24, 2.45) is 5.92 Å². The van der Waals surface area contributed by atoms with Crippen molar-refractivity contribution in [1.82, 2.24) is 19.7 Å². The van der Waals surface area contributed by atoms with Gasteiger partial charge in [-0.05, 0) is 43.2 Å². The second kappa shape index (κ2) is 5.74. The lowest BCUT2D eigenvalue weighted by Crippen LogP contribution is -2.27. The zero-order chi connectivity index (χ0) is 16.0. The number of hydrogen-bond acceptors (Lipinski definition) is 4. The number of nitrogens with zero attached hydrogens (tertiary/aromatic N) is 4. The zero-order valence-corrected chi connectivity index (χ0v) is 14.5. The van der Waals surface area contributed by atoms with Crippen LogP contribution in [0, 0.1) is 5.92 Å². The number of amides is 1. The van der Waals surface area contributed by atoms with Crippen LogP contribution >= 0.6 is 11.3 Å². The van der Waals surface area contributed by atoms with Crippen LogP contribution in [0.3, 0.4) is 0 Å². The molecule has 0 spiro atoms. The van der Waals surface area contributed by atoms with Gasteiger partial charge in [-0.3, -0.25) is 4.79 Å². The molecule has 0 aromatic carbocycles. The predicted molar refractivity (Wildman–Crippen MR) is 89.6 cm³/mol. The molecule has 1 atom stereocenters. The quantitative estimate of drug-likeness (QED) is 0.869. The molecule has 1 aliphatic heterocycles. The molecule has 122 valence electrons. The van der Waals surface area contributed by atoms with Gasteiger partial charge < -0.3 is 9.47 Å². The van der Waals surface area contributed by atoms with Crippen molar-refractivity contribution in [1.29, 1.82) is 0 Å². The van der Waals surface area contributed by atoms with Crippen LogP contribution in [0.25, 0.3) is 0 Å². The van der Waals surface area contributed by atoms with Crippen molar-refractivity contribution >= 4 is 17.2 Å². The Kier molecular flexibility index (Phi) is 3.71. The smallest absolute Gasteiger partial charge is 0.264 e. The van der Waals surface area contributed by atoms with Crippen LogP contribution in [0.4, 0.5) is 0 Å². The van der Waals surface area contributed by atoms with E-state index >= 15 is 0 Å². The minimum Gasteiger partial charge on any atom is -0.333 e. The monoisotopic (exact) mass is 330 g/mol. The molecule has 0 fully saturated rings. The minimum atomic E-state index is 0.104. The van der Waals surface area contributed by atoms with Crippen LogP contribution in [0.15, 0.2) is 6.07 Å². The third-order valence-corrected chi connectivity index (χ3v) is 6.18. The second-order valence-corrected chi connectivity index (χ2v) is 7.99. The molecule has 0 N–H and O–H groups in total. The highest BCUT2D eigenvalue weighted by Crippen LogP contribution is 2.32. The Labute approximate surface area is 140 Å². The minimum absolute atomic E-state index is 0.104. The van der Waals surface area contributed by atoms with Gasteiger partial charge in [0.2, 0.25) is 0 Å². The van der Waals surface area contributed by atoms with Crippen LogP contribution in [0.5, 0.6) is 0 Å². The van der Waals surface area contributed by atoms with E-state index in [1.807, 2.05) is 7.05 Å². The summed E-state index contributed by atoms with van der Waals surface area (Å²) in [5.74, 6) is 2.80. The Morgan fingerprint density at radius 2 is 2.30 bits per heavy atom. The third kappa shape index (κ3) is 2.69. The van der Waals surface area contributed by atoms with Gasteiger partial charge in [0, 0.05) is 24.9 Å². The van der Waals surface area contributed by atoms with Gasteiger partial charge in [0.15, 0.2) is 5.82 Å². The summed E-state index contributed by atoms with van der Waals surface area (Å²) in [6.45, 7) is 3.80. The third-order valence-electron chi connectivity index (χ3n) is 4.95. The van der Waals surface area contributed by atoms with E-state index in [0.717, 1.165) is 54.7 Å². The molecule has 3 heterocycles. The lowest BCUT2D eigenvalue weighted by atomic mass is 9.90. The van der Waals surface area contributed by atoms with Crippen molar-refractivity contribution < 1.29 is 4.79 Å². The lowest BCUT2D eigenvalue weighted by molar-refractivity contribution is 0.0784. The van der Waals surface area contributed by atoms with E-state index in [2.05, 4.69) is 27.8 Å². The first kappa shape index (κ1) is 14.9. The summed E-state index contributed by atoms with van der Waals surface area (Å²) in [5.41, 5.74) is 1.38. The maximum absolute atomic E-state index is 12.7. The van der Waals surface area contributed by atoms with Crippen LogP contribution in [0.1, 0.15) is 51.5 Å². The number of aryl methyl sites for hydroxylation is 2. The molecule has 4 rings (SSSR count). The molecule has 2 aliphatic rings. The van der Waals surface area contributed by atoms with Gasteiger partial charge in [-0.1, -0.05) is 6.92 Å². The standard InChI is InChI=1S/C17H22N4OS/c1-11-5-6-13-12(8-11)9-14(23-13)17(22)20(2)10-16-19-18-15-4-3-7-21(15)16/h9,11H,3-8,10H2,1-2H3/t11-/m0/s1. The van der Waals surface area contributed by atoms with Crippen LogP contribution < -0.4 is 0 Å². The first-order valence-electron chi connectivity index (χ1n) is 8.40. The summed E-state index contributed by atoms with van der Waals surface area (Å²) in [6.07, 6.45) is 5.60. The summed E-state index contributed by atoms with van der Waals surface area (Å²) >= 11 is 1.68. The second-order valence-electron chi connectivity index (χ2n) is 6.86. The number of fused-ring (bicyclic) bond motifs is 2. The van der Waals surface area contributed by atoms with E-state index in [9.17, 15) is 4.79 Å². The Morgan fingerprint density at radius 3 is 3.17 bits per heavy atom. The van der Waals surface area contributed by atoms with E-state index in [1.165, 1.54) is 16.9 Å². The van der Waals surface area contributed by atoms with Crippen molar-refractivity contribution in [3.63, 3.8) is 0 Å². The number of carbonyl (C=O) groups excluding carboxylic acids is 1. The molecule has 0 bridgehead atoms. The van der Waals surface area contributed by atoms with E-state index in [4.69, 9.17) is 0 Å². The average molecular weight is 330 g/mol. The number of rotatable bonds is 3. The maximum Gasteiger partial charge on any atom is 0.264 e. The molecule has 23 heavy (non-hydrogen) atoms. The fourth-order valence-electron chi connectivity index (χ4n) is 3.61. The summed E-state index contributed by atoms with van der Waals surface area (Å²) in [7, 11) is 1.86. The van der Waals surface area contributed by atoms with Crippen molar-refractivity contribution in [2.75, 3.05) is 7.05 Å². The molecule has 5 nitrogen and oxygen atoms in total. The first-order valence-corrected chi connectivity index (χ1v) is 9.21. The molecule has 0 saturated heterocycles. The summed E-state index contributed by atoms with van der Waals surface area (Å²) in [5, 5.41) is 8.47. The van der Waals surface area contributed by atoms with Crippen molar-refractivity contribution in [3.05, 3.63) is 33.0 Å². The number of carbonyl (C=O) groups is 1. The van der Waals surface area contributed by atoms with E-state index in [-0.39, 0.29) is 5.91 Å². The van der Waals surface area contributed by atoms with Gasteiger partial charge in [0.1, 0.15) is 5.82 Å². The molecule has 6 heteroatoms. The van der Waals surface area contributed by atoms with Crippen LogP contribution in [-0.4, -0.2) is 32.6 Å². The average Bonchev–Trinajstić information content (AvgIpc) is 3.22. The molecular weight excluding hydrogens is 308 g/mol. The molecule has 1 amide bonds. The highest BCUT2D eigenvalue weighted by atomic mass is 32.1. The molecular formula is C17H22N4OS. The zero-order valence-electron chi connectivity index (χ0n) is 13.7. The van der Waals surface area contributed by atoms with Gasteiger partial charge >= 0.3 is 0 Å². The van der Waals surface area contributed by atoms with Gasteiger partial charge in [-0.15, -0.1) is 21.5 Å². The normalized spacial score (nSPS) is 19.5. The molecule has 0 unspecified atom stereocenters. The van der Waals surface area contributed by atoms with Gasteiger partial charge in [0.25, 0.3) is 5.91 Å². The van der Waals surface area contributed by atoms with Crippen molar-refractivity contribution in [2.45, 2.75) is 52.1 Å². The lowest BCUT2D eigenvalue weighted by Gasteiger charge is -2.16. The van der Waals surface area contributed by atoms with Crippen LogP contribution in [0.2, 0.25) is 0 Å². The summed E-state index contributed by atoms with van der Waals surface area (Å²) in [4.78, 5) is 16.8. The molecule has 1 aliphatic carbocycles. The van der Waals surface area contributed by atoms with Crippen LogP contribution in [-0.2, 0) is 32.4 Å². The highest BCUT2D eigenvalue weighted by molar-refractivity contribution is 7.14. The Hall–Kier alpha value is -1.69. The van der Waals surface area contributed by atoms with Gasteiger partial charge in [-0.2, -0.15) is 0 Å². The summed E-state index contributed by atoms with van der Waals surface area (Å²) in [6, 6.07) is 2.11. The Bertz CT molecular complexity index is 748.